The molecule has 0 aliphatic heterocycles. The highest BCUT2D eigenvalue weighted by atomic mass is 35.5. The molecule has 2 aromatic carbocycles. The lowest BCUT2D eigenvalue weighted by atomic mass is 9.96. The van der Waals surface area contributed by atoms with Crippen LogP contribution in [0.4, 0.5) is 4.39 Å². The number of amides is 1. The molecule has 0 fully saturated rings. The van der Waals surface area contributed by atoms with Crippen LogP contribution in [-0.4, -0.2) is 5.91 Å². The van der Waals surface area contributed by atoms with Gasteiger partial charge in [0.1, 0.15) is 5.82 Å². The van der Waals surface area contributed by atoms with Crippen molar-refractivity contribution in [3.63, 3.8) is 0 Å². The maximum Gasteiger partial charge on any atom is 0.225 e. The number of nitrogens with one attached hydrogen (secondary N) is 1. The molecule has 23 heavy (non-hydrogen) atoms. The monoisotopic (exact) mass is 333 g/mol. The van der Waals surface area contributed by atoms with Crippen molar-refractivity contribution < 1.29 is 9.18 Å². The van der Waals surface area contributed by atoms with Crippen molar-refractivity contribution in [3.05, 3.63) is 69.0 Å². The second-order valence-electron chi connectivity index (χ2n) is 5.99. The molecule has 0 radical (unpaired) electrons. The van der Waals surface area contributed by atoms with Gasteiger partial charge < -0.3 is 5.32 Å². The van der Waals surface area contributed by atoms with Crippen molar-refractivity contribution in [1.29, 1.82) is 0 Å². The fraction of sp³-hybridized carbons (Fsp3) is 0.316. The van der Waals surface area contributed by atoms with Crippen molar-refractivity contribution in [2.24, 2.45) is 0 Å². The van der Waals surface area contributed by atoms with E-state index in [2.05, 4.69) is 31.3 Å². The van der Waals surface area contributed by atoms with Gasteiger partial charge in [0.2, 0.25) is 5.91 Å². The van der Waals surface area contributed by atoms with E-state index >= 15 is 0 Å². The summed E-state index contributed by atoms with van der Waals surface area (Å²) in [5.41, 5.74) is 4.98. The maximum absolute atomic E-state index is 13.8. The molecule has 0 aliphatic carbocycles. The van der Waals surface area contributed by atoms with Crippen LogP contribution in [0.5, 0.6) is 0 Å². The van der Waals surface area contributed by atoms with E-state index in [1.54, 1.807) is 12.1 Å². The van der Waals surface area contributed by atoms with Crippen molar-refractivity contribution in [3.8, 4) is 0 Å². The number of hydrogen-bond donors (Lipinski definition) is 1. The highest BCUT2D eigenvalue weighted by Crippen LogP contribution is 2.22. The topological polar surface area (TPSA) is 29.1 Å². The lowest BCUT2D eigenvalue weighted by molar-refractivity contribution is -0.121. The van der Waals surface area contributed by atoms with Crippen molar-refractivity contribution >= 4 is 17.5 Å². The number of hydrogen-bond acceptors (Lipinski definition) is 1. The molecule has 4 heteroatoms. The minimum absolute atomic E-state index is 0.00274. The summed E-state index contributed by atoms with van der Waals surface area (Å²) < 4.78 is 13.8. The number of carbonyl (C=O) groups excluding carboxylic acids is 1. The SMILES string of the molecule is Cc1cc(C)c([C@H](C)NC(=O)Cc2ccc(Cl)cc2F)cc1C. The first-order valence-corrected chi connectivity index (χ1v) is 7.96. The second-order valence-corrected chi connectivity index (χ2v) is 6.43. The quantitative estimate of drug-likeness (QED) is 0.853. The van der Waals surface area contributed by atoms with Gasteiger partial charge in [0, 0.05) is 5.02 Å². The van der Waals surface area contributed by atoms with Gasteiger partial charge in [-0.05, 0) is 67.6 Å². The van der Waals surface area contributed by atoms with Gasteiger partial charge in [-0.3, -0.25) is 4.79 Å². The number of rotatable bonds is 4. The van der Waals surface area contributed by atoms with E-state index < -0.39 is 5.82 Å². The Bertz CT molecular complexity index is 742. The van der Waals surface area contributed by atoms with E-state index in [4.69, 9.17) is 11.6 Å². The minimum atomic E-state index is -0.456. The number of carbonyl (C=O) groups is 1. The van der Waals surface area contributed by atoms with Crippen LogP contribution in [0.3, 0.4) is 0 Å². The third-order valence-corrected chi connectivity index (χ3v) is 4.33. The molecule has 1 atom stereocenters. The maximum atomic E-state index is 13.8. The summed E-state index contributed by atoms with van der Waals surface area (Å²) in [7, 11) is 0. The number of halogens is 2. The molecular weight excluding hydrogens is 313 g/mol. The highest BCUT2D eigenvalue weighted by Gasteiger charge is 2.15. The van der Waals surface area contributed by atoms with Crippen molar-refractivity contribution in [2.45, 2.75) is 40.2 Å². The van der Waals surface area contributed by atoms with Crippen LogP contribution in [0.2, 0.25) is 5.02 Å². The summed E-state index contributed by atoms with van der Waals surface area (Å²) in [5.74, 6) is -0.668. The highest BCUT2D eigenvalue weighted by molar-refractivity contribution is 6.30. The Labute approximate surface area is 141 Å². The Balaban J connectivity index is 2.09. The van der Waals surface area contributed by atoms with E-state index in [9.17, 15) is 9.18 Å². The molecule has 0 aliphatic rings. The molecule has 1 N–H and O–H groups in total. The van der Waals surface area contributed by atoms with E-state index in [-0.39, 0.29) is 18.4 Å². The summed E-state index contributed by atoms with van der Waals surface area (Å²) in [6.07, 6.45) is -0.00274. The van der Waals surface area contributed by atoms with Gasteiger partial charge in [0.15, 0.2) is 0 Å². The molecule has 1 amide bonds. The van der Waals surface area contributed by atoms with Crippen molar-refractivity contribution in [1.82, 2.24) is 5.32 Å². The summed E-state index contributed by atoms with van der Waals surface area (Å²) in [6, 6.07) is 8.44. The zero-order valence-electron chi connectivity index (χ0n) is 13.8. The average molecular weight is 334 g/mol. The molecule has 0 bridgehead atoms. The standard InChI is InChI=1S/C19H21ClFNO/c1-11-7-13(3)17(8-12(11)2)14(4)22-19(23)9-15-5-6-16(20)10-18(15)21/h5-8,10,14H,9H2,1-4H3,(H,22,23)/t14-/m0/s1. The lowest BCUT2D eigenvalue weighted by Crippen LogP contribution is -2.29. The van der Waals surface area contributed by atoms with Crippen LogP contribution in [0.1, 0.15) is 40.8 Å². The summed E-state index contributed by atoms with van der Waals surface area (Å²) in [4.78, 5) is 12.2. The molecule has 122 valence electrons. The van der Waals surface area contributed by atoms with Crippen LogP contribution >= 0.6 is 11.6 Å². The molecule has 0 saturated heterocycles. The van der Waals surface area contributed by atoms with Gasteiger partial charge in [-0.25, -0.2) is 4.39 Å². The Kier molecular flexibility index (Phi) is 5.42. The molecular formula is C19H21ClFNO. The fourth-order valence-electron chi connectivity index (χ4n) is 2.66. The third-order valence-electron chi connectivity index (χ3n) is 4.09. The van der Waals surface area contributed by atoms with Gasteiger partial charge in [-0.15, -0.1) is 0 Å². The molecule has 0 unspecified atom stereocenters. The second kappa shape index (κ2) is 7.14. The van der Waals surface area contributed by atoms with Gasteiger partial charge in [-0.1, -0.05) is 29.8 Å². The Morgan fingerprint density at radius 1 is 1.13 bits per heavy atom. The average Bonchev–Trinajstić information content (AvgIpc) is 2.45. The Morgan fingerprint density at radius 2 is 1.78 bits per heavy atom. The first-order chi connectivity index (χ1) is 10.8. The summed E-state index contributed by atoms with van der Waals surface area (Å²) in [5, 5.41) is 3.26. The zero-order valence-corrected chi connectivity index (χ0v) is 14.6. The number of aryl methyl sites for hydroxylation is 3. The molecule has 2 nitrogen and oxygen atoms in total. The fourth-order valence-corrected chi connectivity index (χ4v) is 2.82. The normalized spacial score (nSPS) is 12.1. The van der Waals surface area contributed by atoms with E-state index in [0.29, 0.717) is 10.6 Å². The van der Waals surface area contributed by atoms with Crippen LogP contribution in [-0.2, 0) is 11.2 Å². The van der Waals surface area contributed by atoms with Gasteiger partial charge in [-0.2, -0.15) is 0 Å². The Morgan fingerprint density at radius 3 is 2.43 bits per heavy atom. The van der Waals surface area contributed by atoms with Gasteiger partial charge in [0.05, 0.1) is 12.5 Å². The Hall–Kier alpha value is -1.87. The van der Waals surface area contributed by atoms with Gasteiger partial charge in [0.25, 0.3) is 0 Å². The van der Waals surface area contributed by atoms with E-state index in [0.717, 1.165) is 11.1 Å². The summed E-state index contributed by atoms with van der Waals surface area (Å²) in [6.45, 7) is 8.09. The zero-order chi connectivity index (χ0) is 17.1. The van der Waals surface area contributed by atoms with Crippen LogP contribution in [0, 0.1) is 26.6 Å². The lowest BCUT2D eigenvalue weighted by Gasteiger charge is -2.18. The molecule has 0 heterocycles. The molecule has 2 rings (SSSR count). The molecule has 0 saturated carbocycles. The third kappa shape index (κ3) is 4.32. The first-order valence-electron chi connectivity index (χ1n) is 7.59. The molecule has 0 spiro atoms. The largest absolute Gasteiger partial charge is 0.349 e. The first kappa shape index (κ1) is 17.5. The predicted octanol–water partition coefficient (Wildman–Crippen LogP) is 4.82. The van der Waals surface area contributed by atoms with Crippen LogP contribution < -0.4 is 5.32 Å². The van der Waals surface area contributed by atoms with E-state index in [1.807, 2.05) is 13.8 Å². The summed E-state index contributed by atoms with van der Waals surface area (Å²) >= 11 is 5.72. The molecule has 0 aromatic heterocycles. The van der Waals surface area contributed by atoms with Crippen LogP contribution in [0.25, 0.3) is 0 Å². The van der Waals surface area contributed by atoms with Gasteiger partial charge >= 0.3 is 0 Å². The smallest absolute Gasteiger partial charge is 0.225 e. The predicted molar refractivity (Wildman–Crippen MR) is 92.3 cm³/mol. The van der Waals surface area contributed by atoms with E-state index in [1.165, 1.54) is 17.2 Å². The van der Waals surface area contributed by atoms with Crippen molar-refractivity contribution in [2.75, 3.05) is 0 Å². The number of benzene rings is 2. The minimum Gasteiger partial charge on any atom is -0.349 e. The molecule has 2 aromatic rings. The van der Waals surface area contributed by atoms with Crippen LogP contribution in [0.15, 0.2) is 30.3 Å².